The van der Waals surface area contributed by atoms with E-state index in [1.54, 1.807) is 4.90 Å². The van der Waals surface area contributed by atoms with Crippen molar-refractivity contribution in [1.82, 2.24) is 19.7 Å². The Labute approximate surface area is 175 Å². The van der Waals surface area contributed by atoms with E-state index in [1.807, 2.05) is 0 Å². The SMILES string of the molecule is N/C(=C\c1c(N)ccn1CC(F)(F)F)c1[nH]ncc1NC(=O)N1CCC(O)CC12CC2. The Hall–Kier alpha value is -3.15. The number of H-pyrrole nitrogens is 1. The van der Waals surface area contributed by atoms with Gasteiger partial charge in [-0.1, -0.05) is 0 Å². The van der Waals surface area contributed by atoms with Crippen LogP contribution in [0.25, 0.3) is 11.8 Å². The third-order valence-corrected chi connectivity index (χ3v) is 5.80. The largest absolute Gasteiger partial charge is 0.406 e. The quantitative estimate of drug-likeness (QED) is 0.498. The Morgan fingerprint density at radius 3 is 2.87 bits per heavy atom. The van der Waals surface area contributed by atoms with E-state index in [0.717, 1.165) is 17.4 Å². The fourth-order valence-electron chi connectivity index (χ4n) is 4.10. The van der Waals surface area contributed by atoms with Gasteiger partial charge in [-0.05, 0) is 37.8 Å². The number of nitrogens with two attached hydrogens (primary N) is 2. The van der Waals surface area contributed by atoms with Crippen LogP contribution in [0.5, 0.6) is 0 Å². The summed E-state index contributed by atoms with van der Waals surface area (Å²) in [6, 6.07) is 1.03. The number of urea groups is 1. The number of rotatable bonds is 4. The van der Waals surface area contributed by atoms with E-state index in [9.17, 15) is 23.1 Å². The molecule has 2 aromatic heterocycles. The highest BCUT2D eigenvalue weighted by molar-refractivity contribution is 5.94. The summed E-state index contributed by atoms with van der Waals surface area (Å²) in [5.41, 5.74) is 12.5. The summed E-state index contributed by atoms with van der Waals surface area (Å²) in [4.78, 5) is 14.6. The number of carbonyl (C=O) groups is 1. The van der Waals surface area contributed by atoms with E-state index in [0.29, 0.717) is 25.1 Å². The lowest BCUT2D eigenvalue weighted by molar-refractivity contribution is -0.140. The van der Waals surface area contributed by atoms with Gasteiger partial charge in [0.15, 0.2) is 0 Å². The van der Waals surface area contributed by atoms with Crippen molar-refractivity contribution in [2.24, 2.45) is 5.73 Å². The number of aromatic nitrogens is 3. The second kappa shape index (κ2) is 7.52. The lowest BCUT2D eigenvalue weighted by Crippen LogP contribution is -2.51. The number of aromatic amines is 1. The number of alkyl halides is 3. The molecule has 1 unspecified atom stereocenters. The highest BCUT2D eigenvalue weighted by Gasteiger charge is 2.53. The molecule has 2 aliphatic rings. The molecule has 1 spiro atoms. The zero-order valence-corrected chi connectivity index (χ0v) is 16.6. The molecule has 9 nitrogen and oxygen atoms in total. The van der Waals surface area contributed by atoms with Crippen LogP contribution in [0.15, 0.2) is 18.5 Å². The topological polar surface area (TPSA) is 138 Å². The molecule has 4 rings (SSSR count). The van der Waals surface area contributed by atoms with Crippen LogP contribution >= 0.6 is 0 Å². The predicted molar refractivity (Wildman–Crippen MR) is 108 cm³/mol. The van der Waals surface area contributed by atoms with Gasteiger partial charge in [0.1, 0.15) is 12.2 Å². The molecular formula is C19H24F3N7O2. The molecule has 1 saturated carbocycles. The van der Waals surface area contributed by atoms with Crippen LogP contribution < -0.4 is 16.8 Å². The fraction of sp³-hybridized carbons (Fsp3) is 0.474. The first-order valence-corrected chi connectivity index (χ1v) is 9.87. The van der Waals surface area contributed by atoms with Crippen LogP contribution in [0.3, 0.4) is 0 Å². The van der Waals surface area contributed by atoms with Gasteiger partial charge in [-0.3, -0.25) is 5.10 Å². The summed E-state index contributed by atoms with van der Waals surface area (Å²) in [6.07, 6.45) is 1.83. The van der Waals surface area contributed by atoms with E-state index >= 15 is 0 Å². The van der Waals surface area contributed by atoms with Gasteiger partial charge in [0, 0.05) is 18.3 Å². The third-order valence-electron chi connectivity index (χ3n) is 5.80. The minimum absolute atomic E-state index is 0.0665. The Balaban J connectivity index is 1.54. The molecule has 1 aliphatic heterocycles. The van der Waals surface area contributed by atoms with Crippen molar-refractivity contribution in [3.8, 4) is 0 Å². The van der Waals surface area contributed by atoms with Crippen LogP contribution in [-0.2, 0) is 6.54 Å². The average Bonchev–Trinajstić information content (AvgIpc) is 3.12. The number of likely N-dealkylation sites (tertiary alicyclic amines) is 1. The summed E-state index contributed by atoms with van der Waals surface area (Å²) >= 11 is 0. The Morgan fingerprint density at radius 1 is 1.45 bits per heavy atom. The maximum Gasteiger partial charge on any atom is 0.406 e. The molecule has 2 amide bonds. The molecule has 1 saturated heterocycles. The second-order valence-electron chi connectivity index (χ2n) is 8.11. The zero-order valence-electron chi connectivity index (χ0n) is 16.6. The number of aliphatic hydroxyl groups excluding tert-OH is 1. The fourth-order valence-corrected chi connectivity index (χ4v) is 4.10. The Bertz CT molecular complexity index is 1010. The molecule has 7 N–H and O–H groups in total. The zero-order chi connectivity index (χ0) is 22.4. The monoisotopic (exact) mass is 439 g/mol. The Kier molecular flexibility index (Phi) is 5.12. The number of piperidine rings is 1. The van der Waals surface area contributed by atoms with E-state index in [1.165, 1.54) is 24.5 Å². The van der Waals surface area contributed by atoms with Gasteiger partial charge in [0.05, 0.1) is 35.1 Å². The first kappa shape index (κ1) is 21.1. The Morgan fingerprint density at radius 2 is 2.19 bits per heavy atom. The molecule has 0 aromatic carbocycles. The van der Waals surface area contributed by atoms with E-state index < -0.39 is 18.8 Å². The van der Waals surface area contributed by atoms with Gasteiger partial charge in [0.25, 0.3) is 0 Å². The van der Waals surface area contributed by atoms with Crippen molar-refractivity contribution < 1.29 is 23.1 Å². The number of aliphatic hydroxyl groups is 1. The number of hydrogen-bond acceptors (Lipinski definition) is 5. The molecule has 0 bridgehead atoms. The van der Waals surface area contributed by atoms with Crippen molar-refractivity contribution in [1.29, 1.82) is 0 Å². The molecule has 31 heavy (non-hydrogen) atoms. The van der Waals surface area contributed by atoms with Crippen molar-refractivity contribution in [3.63, 3.8) is 0 Å². The molecule has 3 heterocycles. The molecule has 2 fully saturated rings. The molecule has 1 atom stereocenters. The number of nitrogens with one attached hydrogen (secondary N) is 2. The van der Waals surface area contributed by atoms with Crippen molar-refractivity contribution in [2.45, 2.75) is 50.0 Å². The number of hydrogen-bond donors (Lipinski definition) is 5. The van der Waals surface area contributed by atoms with Crippen LogP contribution in [0.1, 0.15) is 37.1 Å². The number of amides is 2. The lowest BCUT2D eigenvalue weighted by atomic mass is 9.98. The number of nitrogen functional groups attached to an aromatic ring is 1. The van der Waals surface area contributed by atoms with Crippen molar-refractivity contribution in [3.05, 3.63) is 29.8 Å². The average molecular weight is 439 g/mol. The maximum atomic E-state index is 12.9. The second-order valence-corrected chi connectivity index (χ2v) is 8.11. The molecule has 168 valence electrons. The van der Waals surface area contributed by atoms with Crippen LogP contribution in [0.4, 0.5) is 29.3 Å². The van der Waals surface area contributed by atoms with Crippen molar-refractivity contribution >= 4 is 29.2 Å². The van der Waals surface area contributed by atoms with Gasteiger partial charge < -0.3 is 31.4 Å². The molecule has 1 aliphatic carbocycles. The van der Waals surface area contributed by atoms with Gasteiger partial charge in [-0.2, -0.15) is 18.3 Å². The summed E-state index contributed by atoms with van der Waals surface area (Å²) in [5.74, 6) is 0. The van der Waals surface area contributed by atoms with Gasteiger partial charge in [-0.25, -0.2) is 4.79 Å². The van der Waals surface area contributed by atoms with Crippen LogP contribution in [-0.4, -0.2) is 55.2 Å². The lowest BCUT2D eigenvalue weighted by Gasteiger charge is -2.38. The van der Waals surface area contributed by atoms with E-state index in [4.69, 9.17) is 11.5 Å². The van der Waals surface area contributed by atoms with Crippen molar-refractivity contribution in [2.75, 3.05) is 17.6 Å². The van der Waals surface area contributed by atoms with Crippen LogP contribution in [0, 0.1) is 0 Å². The number of anilines is 2. The summed E-state index contributed by atoms with van der Waals surface area (Å²) in [6.45, 7) is -0.772. The summed E-state index contributed by atoms with van der Waals surface area (Å²) in [7, 11) is 0. The number of halogens is 3. The highest BCUT2D eigenvalue weighted by atomic mass is 19.4. The van der Waals surface area contributed by atoms with Crippen LogP contribution in [0.2, 0.25) is 0 Å². The van der Waals surface area contributed by atoms with Gasteiger partial charge in [0.2, 0.25) is 0 Å². The third kappa shape index (κ3) is 4.33. The molecule has 12 heteroatoms. The van der Waals surface area contributed by atoms with Gasteiger partial charge >= 0.3 is 12.2 Å². The normalized spacial score (nSPS) is 20.8. The maximum absolute atomic E-state index is 12.9. The predicted octanol–water partition coefficient (Wildman–Crippen LogP) is 2.33. The minimum atomic E-state index is -4.42. The summed E-state index contributed by atoms with van der Waals surface area (Å²) in [5, 5.41) is 19.3. The first-order valence-electron chi connectivity index (χ1n) is 9.87. The first-order chi connectivity index (χ1) is 14.6. The molecular weight excluding hydrogens is 415 g/mol. The van der Waals surface area contributed by atoms with E-state index in [-0.39, 0.29) is 34.3 Å². The van der Waals surface area contributed by atoms with Gasteiger partial charge in [-0.15, -0.1) is 0 Å². The number of carbonyl (C=O) groups excluding carboxylic acids is 1. The van der Waals surface area contributed by atoms with E-state index in [2.05, 4.69) is 15.5 Å². The summed E-state index contributed by atoms with van der Waals surface area (Å²) < 4.78 is 39.4. The standard InChI is InChI=1S/C19H24F3N7O2/c20-19(21,22)10-28-5-2-12(23)15(28)7-13(24)16-14(9-25-27-16)26-17(31)29-6-1-11(30)8-18(29)3-4-18/h2,5,7,9,11,30H,1,3-4,6,8,10,23-24H2,(H,25,27)(H,26,31)/b13-7-. The smallest absolute Gasteiger partial charge is 0.397 e. The number of nitrogens with zero attached hydrogens (tertiary/aromatic N) is 3. The molecule has 0 radical (unpaired) electrons. The minimum Gasteiger partial charge on any atom is -0.397 e. The highest BCUT2D eigenvalue weighted by Crippen LogP contribution is 2.48. The molecule has 2 aromatic rings.